The zero-order valence-electron chi connectivity index (χ0n) is 7.38. The number of rotatable bonds is 1. The van der Waals surface area contributed by atoms with Crippen molar-refractivity contribution < 1.29 is 0 Å². The summed E-state index contributed by atoms with van der Waals surface area (Å²) in [6.45, 7) is 0.955. The molecule has 1 unspecified atom stereocenters. The lowest BCUT2D eigenvalue weighted by molar-refractivity contribution is 0.199. The quantitative estimate of drug-likeness (QED) is 0.559. The van der Waals surface area contributed by atoms with Crippen molar-refractivity contribution in [2.75, 3.05) is 20.8 Å². The van der Waals surface area contributed by atoms with Gasteiger partial charge in [0.2, 0.25) is 0 Å². The first-order chi connectivity index (χ1) is 5.71. The first-order valence-electron chi connectivity index (χ1n) is 3.94. The Kier molecular flexibility index (Phi) is 1.44. The van der Waals surface area contributed by atoms with Gasteiger partial charge < -0.3 is 4.90 Å². The van der Waals surface area contributed by atoms with Gasteiger partial charge in [-0.1, -0.05) is 0 Å². The summed E-state index contributed by atoms with van der Waals surface area (Å²) in [5, 5.41) is 0. The second-order valence-electron chi connectivity index (χ2n) is 3.35. The van der Waals surface area contributed by atoms with Crippen LogP contribution in [-0.2, 0) is 0 Å². The molecule has 1 aliphatic rings. The van der Waals surface area contributed by atoms with Crippen LogP contribution in [0.25, 0.3) is 0 Å². The summed E-state index contributed by atoms with van der Waals surface area (Å²) in [5.74, 6) is 0. The summed E-state index contributed by atoms with van der Waals surface area (Å²) in [5.41, 5.74) is 0. The molecule has 0 radical (unpaired) electrons. The minimum Gasteiger partial charge on any atom is -0.327 e. The molecule has 2 heterocycles. The third-order valence-corrected chi connectivity index (χ3v) is 2.17. The number of hydrogen-bond donors (Lipinski definition) is 0. The Bertz CT molecular complexity index is 290. The van der Waals surface area contributed by atoms with Gasteiger partial charge >= 0.3 is 0 Å². The summed E-state index contributed by atoms with van der Waals surface area (Å²) in [6.07, 6.45) is 9.84. The van der Waals surface area contributed by atoms with Crippen molar-refractivity contribution in [1.29, 1.82) is 0 Å². The van der Waals surface area contributed by atoms with Crippen LogP contribution in [0, 0.1) is 0 Å². The molecule has 1 aromatic rings. The molecule has 0 fully saturated rings. The molecule has 2 rings (SSSR count). The minimum atomic E-state index is 0.747. The molecule has 1 aliphatic heterocycles. The number of nitrogens with zero attached hydrogens (tertiary/aromatic N) is 4. The summed E-state index contributed by atoms with van der Waals surface area (Å²) >= 11 is 0. The third-order valence-electron chi connectivity index (χ3n) is 2.17. The standard InChI is InChI=1S/C8H13N4/c1-10-5-6-12(2,8-10)11-4-3-9-7-11/h3-7H,8H2,1-2H3/q+1. The molecule has 4 heteroatoms. The van der Waals surface area contributed by atoms with Crippen molar-refractivity contribution in [3.63, 3.8) is 0 Å². The summed E-state index contributed by atoms with van der Waals surface area (Å²) in [6, 6.07) is 0. The average Bonchev–Trinajstić information content (AvgIpc) is 2.59. The fourth-order valence-corrected chi connectivity index (χ4v) is 1.48. The molecule has 0 bridgehead atoms. The molecule has 12 heavy (non-hydrogen) atoms. The molecular formula is C8H13N4+. The van der Waals surface area contributed by atoms with Crippen LogP contribution in [0.4, 0.5) is 0 Å². The van der Waals surface area contributed by atoms with Gasteiger partial charge in [-0.15, -0.1) is 0 Å². The van der Waals surface area contributed by atoms with Crippen molar-refractivity contribution in [3.05, 3.63) is 31.1 Å². The molecule has 0 N–H and O–H groups in total. The van der Waals surface area contributed by atoms with Crippen molar-refractivity contribution in [2.24, 2.45) is 0 Å². The molecule has 0 aliphatic carbocycles. The van der Waals surface area contributed by atoms with E-state index in [1.807, 2.05) is 12.5 Å². The molecule has 1 aromatic heterocycles. The van der Waals surface area contributed by atoms with Gasteiger partial charge in [-0.25, -0.2) is 4.98 Å². The number of aromatic nitrogens is 2. The lowest BCUT2D eigenvalue weighted by Gasteiger charge is -2.26. The van der Waals surface area contributed by atoms with E-state index >= 15 is 0 Å². The van der Waals surface area contributed by atoms with Crippen molar-refractivity contribution in [3.8, 4) is 0 Å². The maximum absolute atomic E-state index is 4.03. The highest BCUT2D eigenvalue weighted by Crippen LogP contribution is 2.10. The molecule has 0 spiro atoms. The monoisotopic (exact) mass is 165 g/mol. The van der Waals surface area contributed by atoms with E-state index in [2.05, 4.69) is 41.1 Å². The van der Waals surface area contributed by atoms with Crippen LogP contribution >= 0.6 is 0 Å². The normalized spacial score (nSPS) is 28.3. The summed E-state index contributed by atoms with van der Waals surface area (Å²) < 4.78 is 2.82. The lowest BCUT2D eigenvalue weighted by Crippen LogP contribution is -2.49. The van der Waals surface area contributed by atoms with E-state index < -0.39 is 0 Å². The number of hydrogen-bond acceptors (Lipinski definition) is 2. The van der Waals surface area contributed by atoms with Crippen LogP contribution in [0.3, 0.4) is 0 Å². The summed E-state index contributed by atoms with van der Waals surface area (Å²) in [7, 11) is 4.21. The maximum Gasteiger partial charge on any atom is 0.181 e. The molecule has 0 saturated carbocycles. The van der Waals surface area contributed by atoms with Gasteiger partial charge in [-0.05, 0) is 0 Å². The second-order valence-corrected chi connectivity index (χ2v) is 3.35. The Labute approximate surface area is 71.9 Å². The van der Waals surface area contributed by atoms with Crippen LogP contribution in [0.2, 0.25) is 0 Å². The highest BCUT2D eigenvalue weighted by Gasteiger charge is 2.27. The first kappa shape index (κ1) is 7.36. The molecule has 4 nitrogen and oxygen atoms in total. The Morgan fingerprint density at radius 3 is 2.83 bits per heavy atom. The average molecular weight is 165 g/mol. The predicted molar refractivity (Wildman–Crippen MR) is 47.5 cm³/mol. The molecule has 0 amide bonds. The molecular weight excluding hydrogens is 152 g/mol. The van der Waals surface area contributed by atoms with Crippen molar-refractivity contribution in [1.82, 2.24) is 19.2 Å². The van der Waals surface area contributed by atoms with E-state index in [0.29, 0.717) is 0 Å². The Balaban J connectivity index is 2.30. The Hall–Kier alpha value is -1.29. The molecule has 0 aromatic carbocycles. The van der Waals surface area contributed by atoms with Crippen LogP contribution in [0.15, 0.2) is 31.1 Å². The van der Waals surface area contributed by atoms with Crippen molar-refractivity contribution in [2.45, 2.75) is 0 Å². The van der Waals surface area contributed by atoms with E-state index in [9.17, 15) is 0 Å². The van der Waals surface area contributed by atoms with Crippen LogP contribution in [-0.4, -0.2) is 35.3 Å². The van der Waals surface area contributed by atoms with Crippen LogP contribution in [0.1, 0.15) is 0 Å². The van der Waals surface area contributed by atoms with Gasteiger partial charge in [0.15, 0.2) is 6.67 Å². The third kappa shape index (κ3) is 1.00. The second kappa shape index (κ2) is 2.35. The molecule has 0 saturated heterocycles. The highest BCUT2D eigenvalue weighted by atomic mass is 15.7. The van der Waals surface area contributed by atoms with Gasteiger partial charge in [0.25, 0.3) is 0 Å². The van der Waals surface area contributed by atoms with Gasteiger partial charge in [-0.2, -0.15) is 9.27 Å². The Morgan fingerprint density at radius 2 is 2.33 bits per heavy atom. The fourth-order valence-electron chi connectivity index (χ4n) is 1.48. The van der Waals surface area contributed by atoms with E-state index in [-0.39, 0.29) is 0 Å². The Morgan fingerprint density at radius 1 is 1.50 bits per heavy atom. The predicted octanol–water partition coefficient (Wildman–Crippen LogP) is 0.326. The highest BCUT2D eigenvalue weighted by molar-refractivity contribution is 5.01. The smallest absolute Gasteiger partial charge is 0.181 e. The largest absolute Gasteiger partial charge is 0.327 e. The van der Waals surface area contributed by atoms with Crippen LogP contribution in [0.5, 0.6) is 0 Å². The van der Waals surface area contributed by atoms with Crippen LogP contribution < -0.4 is 4.59 Å². The van der Waals surface area contributed by atoms with E-state index in [1.165, 1.54) is 0 Å². The van der Waals surface area contributed by atoms with Crippen molar-refractivity contribution >= 4 is 0 Å². The van der Waals surface area contributed by atoms with Gasteiger partial charge in [0.05, 0.1) is 25.6 Å². The van der Waals surface area contributed by atoms with E-state index in [4.69, 9.17) is 0 Å². The lowest BCUT2D eigenvalue weighted by atomic mass is 10.7. The van der Waals surface area contributed by atoms with Gasteiger partial charge in [0.1, 0.15) is 12.5 Å². The topological polar surface area (TPSA) is 21.1 Å². The molecule has 1 atom stereocenters. The van der Waals surface area contributed by atoms with Gasteiger partial charge in [-0.3, -0.25) is 0 Å². The number of quaternary nitrogens is 1. The minimum absolute atomic E-state index is 0.747. The SMILES string of the molecule is CN1C=C[N+](C)(n2ccnc2)C1. The first-order valence-corrected chi connectivity index (χ1v) is 3.94. The summed E-state index contributed by atoms with van der Waals surface area (Å²) in [4.78, 5) is 6.18. The zero-order valence-corrected chi connectivity index (χ0v) is 7.38. The fraction of sp³-hybridized carbons (Fsp3) is 0.375. The van der Waals surface area contributed by atoms with Gasteiger partial charge in [0, 0.05) is 7.05 Å². The maximum atomic E-state index is 4.03. The van der Waals surface area contributed by atoms with E-state index in [1.54, 1.807) is 6.20 Å². The van der Waals surface area contributed by atoms with E-state index in [0.717, 1.165) is 11.3 Å². The molecule has 64 valence electrons. The number of imidazole rings is 1. The zero-order chi connectivity index (χ0) is 8.60.